The fourth-order valence-corrected chi connectivity index (χ4v) is 2.90. The van der Waals surface area contributed by atoms with E-state index in [9.17, 15) is 14.4 Å². The highest BCUT2D eigenvalue weighted by Gasteiger charge is 2.16. The lowest BCUT2D eigenvalue weighted by atomic mass is 10.2. The van der Waals surface area contributed by atoms with Gasteiger partial charge in [-0.05, 0) is 54.1 Å². The number of hydrazone groups is 1. The minimum Gasteiger partial charge on any atom is -0.497 e. The van der Waals surface area contributed by atoms with Crippen molar-refractivity contribution in [1.82, 2.24) is 5.43 Å². The van der Waals surface area contributed by atoms with E-state index in [4.69, 9.17) is 18.9 Å². The summed E-state index contributed by atoms with van der Waals surface area (Å²) >= 11 is 0. The normalized spacial score (nSPS) is 10.4. The number of esters is 1. The first-order valence-corrected chi connectivity index (χ1v) is 10.3. The highest BCUT2D eigenvalue weighted by Crippen LogP contribution is 2.28. The first-order valence-electron chi connectivity index (χ1n) is 10.3. The number of anilines is 1. The average Bonchev–Trinajstić information content (AvgIpc) is 2.89. The smallest absolute Gasteiger partial charge is 0.347 e. The molecule has 2 amide bonds. The third-order valence-corrected chi connectivity index (χ3v) is 4.66. The third-order valence-electron chi connectivity index (χ3n) is 4.66. The summed E-state index contributed by atoms with van der Waals surface area (Å²) in [6.45, 7) is 0. The van der Waals surface area contributed by atoms with Crippen LogP contribution in [0.15, 0.2) is 71.8 Å². The number of methoxy groups -OCH3 is 3. The Morgan fingerprint density at radius 1 is 0.771 bits per heavy atom. The standard InChI is InChI=1S/C25H23N3O7/c1-32-18-12-13-22(34-3)20(14-18)27-23(29)24(30)28-26-15-16-8-10-17(11-9-16)35-25(31)19-6-4-5-7-21(19)33-2/h4-15H,1-3H3,(H,27,29)(H,28,30)/b26-15+. The van der Waals surface area contributed by atoms with E-state index < -0.39 is 17.8 Å². The Kier molecular flexibility index (Phi) is 8.38. The first-order chi connectivity index (χ1) is 16.9. The molecule has 0 aliphatic rings. The molecule has 180 valence electrons. The molecular weight excluding hydrogens is 454 g/mol. The lowest BCUT2D eigenvalue weighted by molar-refractivity contribution is -0.136. The van der Waals surface area contributed by atoms with Crippen molar-refractivity contribution in [3.05, 3.63) is 77.9 Å². The molecule has 10 nitrogen and oxygen atoms in total. The largest absolute Gasteiger partial charge is 0.497 e. The van der Waals surface area contributed by atoms with Gasteiger partial charge in [-0.1, -0.05) is 12.1 Å². The SMILES string of the molecule is COc1ccc(OC)c(NC(=O)C(=O)N/N=C/c2ccc(OC(=O)c3ccccc3OC)cc2)c1. The fourth-order valence-electron chi connectivity index (χ4n) is 2.90. The lowest BCUT2D eigenvalue weighted by Gasteiger charge is -2.11. The molecule has 35 heavy (non-hydrogen) atoms. The number of carbonyl (C=O) groups excluding carboxylic acids is 3. The van der Waals surface area contributed by atoms with Crippen molar-refractivity contribution >= 4 is 29.7 Å². The van der Waals surface area contributed by atoms with Gasteiger partial charge in [0.2, 0.25) is 0 Å². The summed E-state index contributed by atoms with van der Waals surface area (Å²) in [5.74, 6) is -0.909. The third kappa shape index (κ3) is 6.57. The summed E-state index contributed by atoms with van der Waals surface area (Å²) in [4.78, 5) is 36.6. The molecule has 0 saturated carbocycles. The summed E-state index contributed by atoms with van der Waals surface area (Å²) in [5, 5.41) is 6.22. The maximum Gasteiger partial charge on any atom is 0.347 e. The van der Waals surface area contributed by atoms with Crippen LogP contribution in [0, 0.1) is 0 Å². The molecule has 0 fully saturated rings. The lowest BCUT2D eigenvalue weighted by Crippen LogP contribution is -2.32. The number of amides is 2. The number of para-hydroxylation sites is 1. The quantitative estimate of drug-likeness (QED) is 0.168. The van der Waals surface area contributed by atoms with E-state index in [2.05, 4.69) is 15.8 Å². The van der Waals surface area contributed by atoms with Crippen LogP contribution in [-0.4, -0.2) is 45.3 Å². The summed E-state index contributed by atoms with van der Waals surface area (Å²) in [7, 11) is 4.39. The molecule has 0 unspecified atom stereocenters. The van der Waals surface area contributed by atoms with Gasteiger partial charge in [-0.25, -0.2) is 10.2 Å². The Bertz CT molecular complexity index is 1240. The minimum atomic E-state index is -0.978. The molecule has 0 bridgehead atoms. The van der Waals surface area contributed by atoms with Gasteiger partial charge in [-0.2, -0.15) is 5.10 Å². The molecule has 0 spiro atoms. The Balaban J connectivity index is 1.55. The Hall–Kier alpha value is -4.86. The molecule has 0 aromatic heterocycles. The molecule has 0 heterocycles. The van der Waals surface area contributed by atoms with Crippen LogP contribution in [0.25, 0.3) is 0 Å². The van der Waals surface area contributed by atoms with Crippen molar-refractivity contribution < 1.29 is 33.3 Å². The molecule has 0 aliphatic carbocycles. The van der Waals surface area contributed by atoms with Crippen LogP contribution in [0.1, 0.15) is 15.9 Å². The van der Waals surface area contributed by atoms with Crippen LogP contribution < -0.4 is 29.7 Å². The second-order valence-electron chi connectivity index (χ2n) is 6.88. The Morgan fingerprint density at radius 3 is 2.14 bits per heavy atom. The van der Waals surface area contributed by atoms with E-state index in [0.717, 1.165) is 0 Å². The predicted octanol–water partition coefficient (Wildman–Crippen LogP) is 3.02. The molecule has 2 N–H and O–H groups in total. The molecular formula is C25H23N3O7. The van der Waals surface area contributed by atoms with Gasteiger partial charge in [0, 0.05) is 6.07 Å². The van der Waals surface area contributed by atoms with E-state index in [1.165, 1.54) is 33.6 Å². The van der Waals surface area contributed by atoms with Gasteiger partial charge in [0.15, 0.2) is 0 Å². The second-order valence-corrected chi connectivity index (χ2v) is 6.88. The molecule has 3 rings (SSSR count). The number of nitrogens with one attached hydrogen (secondary N) is 2. The number of carbonyl (C=O) groups is 3. The number of ether oxygens (including phenoxy) is 4. The van der Waals surface area contributed by atoms with E-state index in [1.807, 2.05) is 0 Å². The summed E-state index contributed by atoms with van der Waals surface area (Å²) < 4.78 is 20.8. The molecule has 3 aromatic rings. The summed E-state index contributed by atoms with van der Waals surface area (Å²) in [5.41, 5.74) is 3.31. The van der Waals surface area contributed by atoms with Gasteiger partial charge >= 0.3 is 17.8 Å². The predicted molar refractivity (Wildman–Crippen MR) is 128 cm³/mol. The van der Waals surface area contributed by atoms with Crippen LogP contribution in [-0.2, 0) is 9.59 Å². The van der Waals surface area contributed by atoms with Crippen molar-refractivity contribution in [2.24, 2.45) is 5.10 Å². The van der Waals surface area contributed by atoms with Gasteiger partial charge in [-0.3, -0.25) is 9.59 Å². The molecule has 10 heteroatoms. The maximum absolute atomic E-state index is 12.4. The maximum atomic E-state index is 12.4. The van der Waals surface area contributed by atoms with Crippen LogP contribution in [0.4, 0.5) is 5.69 Å². The summed E-state index contributed by atoms with van der Waals surface area (Å²) in [6, 6.07) is 17.9. The topological polar surface area (TPSA) is 125 Å². The zero-order chi connectivity index (χ0) is 25.2. The molecule has 0 atom stereocenters. The number of rotatable bonds is 8. The number of benzene rings is 3. The molecule has 0 saturated heterocycles. The number of hydrogen-bond acceptors (Lipinski definition) is 8. The van der Waals surface area contributed by atoms with E-state index in [1.54, 1.807) is 60.7 Å². The second kappa shape index (κ2) is 11.8. The fraction of sp³-hybridized carbons (Fsp3) is 0.120. The van der Waals surface area contributed by atoms with Crippen molar-refractivity contribution in [2.75, 3.05) is 26.6 Å². The van der Waals surface area contributed by atoms with Crippen LogP contribution in [0.3, 0.4) is 0 Å². The van der Waals surface area contributed by atoms with Gasteiger partial charge in [0.25, 0.3) is 0 Å². The molecule has 3 aromatic carbocycles. The van der Waals surface area contributed by atoms with E-state index in [0.29, 0.717) is 34.1 Å². The molecule has 0 radical (unpaired) electrons. The highest BCUT2D eigenvalue weighted by atomic mass is 16.5. The first kappa shape index (κ1) is 24.8. The van der Waals surface area contributed by atoms with Crippen LogP contribution in [0.5, 0.6) is 23.0 Å². The van der Waals surface area contributed by atoms with Crippen LogP contribution in [0.2, 0.25) is 0 Å². The molecule has 0 aliphatic heterocycles. The number of nitrogens with zero attached hydrogens (tertiary/aromatic N) is 1. The zero-order valence-corrected chi connectivity index (χ0v) is 19.2. The Morgan fingerprint density at radius 2 is 1.46 bits per heavy atom. The average molecular weight is 477 g/mol. The highest BCUT2D eigenvalue weighted by molar-refractivity contribution is 6.39. The Labute approximate surface area is 201 Å². The minimum absolute atomic E-state index is 0.272. The van der Waals surface area contributed by atoms with Gasteiger partial charge < -0.3 is 24.3 Å². The van der Waals surface area contributed by atoms with E-state index >= 15 is 0 Å². The van der Waals surface area contributed by atoms with E-state index in [-0.39, 0.29) is 5.69 Å². The van der Waals surface area contributed by atoms with Crippen molar-refractivity contribution in [3.63, 3.8) is 0 Å². The monoisotopic (exact) mass is 477 g/mol. The zero-order valence-electron chi connectivity index (χ0n) is 19.2. The van der Waals surface area contributed by atoms with Gasteiger partial charge in [-0.15, -0.1) is 0 Å². The van der Waals surface area contributed by atoms with Crippen molar-refractivity contribution in [3.8, 4) is 23.0 Å². The number of hydrogen-bond donors (Lipinski definition) is 2. The van der Waals surface area contributed by atoms with Gasteiger partial charge in [0.05, 0.1) is 33.2 Å². The summed E-state index contributed by atoms with van der Waals surface area (Å²) in [6.07, 6.45) is 1.34. The van der Waals surface area contributed by atoms with Gasteiger partial charge in [0.1, 0.15) is 28.6 Å². The van der Waals surface area contributed by atoms with Crippen molar-refractivity contribution in [2.45, 2.75) is 0 Å². The van der Waals surface area contributed by atoms with Crippen molar-refractivity contribution in [1.29, 1.82) is 0 Å². The van der Waals surface area contributed by atoms with Crippen LogP contribution >= 0.6 is 0 Å².